The topological polar surface area (TPSA) is 32.3 Å². The van der Waals surface area contributed by atoms with Crippen LogP contribution in [0.1, 0.15) is 5.56 Å². The van der Waals surface area contributed by atoms with Crippen LogP contribution in [0.5, 0.6) is 0 Å². The van der Waals surface area contributed by atoms with Crippen LogP contribution in [-0.4, -0.2) is 17.5 Å². The van der Waals surface area contributed by atoms with Crippen molar-refractivity contribution in [3.63, 3.8) is 0 Å². The minimum Gasteiger partial charge on any atom is -0.315 e. The molecule has 1 aromatic rings. The maximum absolute atomic E-state index is 11.5. The van der Waals surface area contributed by atoms with Crippen LogP contribution < -0.4 is 5.32 Å². The third-order valence-corrected chi connectivity index (χ3v) is 2.43. The van der Waals surface area contributed by atoms with Gasteiger partial charge in [-0.1, -0.05) is 41.9 Å². The average Bonchev–Trinajstić information content (AvgIpc) is 2.25. The van der Waals surface area contributed by atoms with E-state index in [1.807, 2.05) is 30.3 Å². The average molecular weight is 223 g/mol. The summed E-state index contributed by atoms with van der Waals surface area (Å²) < 4.78 is 0. The Bertz CT molecular complexity index is 389. The van der Waals surface area contributed by atoms with Crippen molar-refractivity contribution < 1.29 is 4.79 Å². The molecule has 0 aromatic heterocycles. The van der Waals surface area contributed by atoms with Crippen molar-refractivity contribution in [2.75, 3.05) is 6.54 Å². The maximum atomic E-state index is 11.5. The molecule has 1 N–H and O–H groups in total. The molecule has 0 fully saturated rings. The van der Waals surface area contributed by atoms with Gasteiger partial charge in [0.25, 0.3) is 0 Å². The molecule has 0 aliphatic carbocycles. The first-order valence-corrected chi connectivity index (χ1v) is 5.07. The van der Waals surface area contributed by atoms with Gasteiger partial charge in [-0.05, 0) is 5.56 Å². The predicted octanol–water partition coefficient (Wildman–Crippen LogP) is 2.29. The summed E-state index contributed by atoms with van der Waals surface area (Å²) >= 11 is 5.85. The highest BCUT2D eigenvalue weighted by Crippen LogP contribution is 2.12. The molecule has 2 rings (SSSR count). The maximum Gasteiger partial charge on any atom is 0.322 e. The van der Waals surface area contributed by atoms with Crippen LogP contribution in [-0.2, 0) is 6.54 Å². The zero-order chi connectivity index (χ0) is 10.7. The molecule has 1 aliphatic heterocycles. The number of nitrogens with one attached hydrogen (secondary N) is 1. The normalized spacial score (nSPS) is 15.9. The molecular formula is C11H11ClN2O. The molecule has 0 saturated heterocycles. The van der Waals surface area contributed by atoms with Crippen molar-refractivity contribution in [2.45, 2.75) is 6.54 Å². The molecule has 1 aromatic carbocycles. The number of carbonyl (C=O) groups excluding carboxylic acids is 1. The largest absolute Gasteiger partial charge is 0.322 e. The number of rotatable bonds is 2. The lowest BCUT2D eigenvalue weighted by molar-refractivity contribution is 0.201. The molecule has 78 valence electrons. The standard InChI is InChI=1S/C11H11ClN2O/c12-10-6-13-11(15)14(8-10)7-9-4-2-1-3-5-9/h1-6H,7-8H2,(H,13,15). The van der Waals surface area contributed by atoms with Gasteiger partial charge in [-0.15, -0.1) is 0 Å². The van der Waals surface area contributed by atoms with Crippen molar-refractivity contribution >= 4 is 17.6 Å². The highest BCUT2D eigenvalue weighted by atomic mass is 35.5. The van der Waals surface area contributed by atoms with Crippen molar-refractivity contribution in [1.82, 2.24) is 10.2 Å². The van der Waals surface area contributed by atoms with Gasteiger partial charge >= 0.3 is 6.03 Å². The van der Waals surface area contributed by atoms with E-state index in [2.05, 4.69) is 5.32 Å². The summed E-state index contributed by atoms with van der Waals surface area (Å²) in [5, 5.41) is 3.24. The Hall–Kier alpha value is -1.48. The van der Waals surface area contributed by atoms with E-state index < -0.39 is 0 Å². The number of halogens is 1. The lowest BCUT2D eigenvalue weighted by Crippen LogP contribution is -2.41. The van der Waals surface area contributed by atoms with E-state index in [-0.39, 0.29) is 6.03 Å². The zero-order valence-corrected chi connectivity index (χ0v) is 8.87. The van der Waals surface area contributed by atoms with Crippen LogP contribution >= 0.6 is 11.6 Å². The fraction of sp³-hybridized carbons (Fsp3) is 0.182. The number of hydrogen-bond acceptors (Lipinski definition) is 1. The Kier molecular flexibility index (Phi) is 2.92. The summed E-state index contributed by atoms with van der Waals surface area (Å²) in [5.74, 6) is 0. The fourth-order valence-electron chi connectivity index (χ4n) is 1.46. The Labute approximate surface area is 93.3 Å². The summed E-state index contributed by atoms with van der Waals surface area (Å²) in [6.45, 7) is 1.05. The summed E-state index contributed by atoms with van der Waals surface area (Å²) in [6, 6.07) is 9.72. The third-order valence-electron chi connectivity index (χ3n) is 2.20. The Balaban J connectivity index is 2.06. The number of urea groups is 1. The highest BCUT2D eigenvalue weighted by molar-refractivity contribution is 6.30. The molecule has 3 nitrogen and oxygen atoms in total. The van der Waals surface area contributed by atoms with E-state index in [9.17, 15) is 4.79 Å². The summed E-state index contributed by atoms with van der Waals surface area (Å²) in [6.07, 6.45) is 1.53. The first-order chi connectivity index (χ1) is 7.25. The lowest BCUT2D eigenvalue weighted by atomic mass is 10.2. The van der Waals surface area contributed by atoms with Gasteiger partial charge in [-0.3, -0.25) is 0 Å². The minimum absolute atomic E-state index is 0.108. The Morgan fingerprint density at radius 1 is 1.33 bits per heavy atom. The van der Waals surface area contributed by atoms with Gasteiger partial charge in [0.15, 0.2) is 0 Å². The Morgan fingerprint density at radius 3 is 2.80 bits per heavy atom. The first kappa shape index (κ1) is 10.1. The number of amides is 2. The van der Waals surface area contributed by atoms with Crippen molar-refractivity contribution in [3.05, 3.63) is 47.1 Å². The summed E-state index contributed by atoms with van der Waals surface area (Å²) in [7, 11) is 0. The second-order valence-electron chi connectivity index (χ2n) is 3.38. The molecule has 0 spiro atoms. The number of carbonyl (C=O) groups is 1. The van der Waals surface area contributed by atoms with Crippen LogP contribution in [0, 0.1) is 0 Å². The summed E-state index contributed by atoms with van der Waals surface area (Å²) in [5.41, 5.74) is 1.10. The van der Waals surface area contributed by atoms with Gasteiger partial charge < -0.3 is 10.2 Å². The van der Waals surface area contributed by atoms with E-state index in [1.54, 1.807) is 4.90 Å². The SMILES string of the molecule is O=C1NC=C(Cl)CN1Cc1ccccc1. The fourth-order valence-corrected chi connectivity index (χ4v) is 1.66. The van der Waals surface area contributed by atoms with Crippen LogP contribution in [0.2, 0.25) is 0 Å². The molecule has 2 amide bonds. The smallest absolute Gasteiger partial charge is 0.315 e. The molecule has 15 heavy (non-hydrogen) atoms. The van der Waals surface area contributed by atoms with Gasteiger partial charge in [0, 0.05) is 12.7 Å². The molecule has 1 aliphatic rings. The molecular weight excluding hydrogens is 212 g/mol. The quantitative estimate of drug-likeness (QED) is 0.818. The molecule has 4 heteroatoms. The molecule has 0 atom stereocenters. The number of nitrogens with zero attached hydrogens (tertiary/aromatic N) is 1. The lowest BCUT2D eigenvalue weighted by Gasteiger charge is -2.25. The van der Waals surface area contributed by atoms with E-state index >= 15 is 0 Å². The molecule has 0 radical (unpaired) electrons. The van der Waals surface area contributed by atoms with E-state index in [1.165, 1.54) is 6.20 Å². The van der Waals surface area contributed by atoms with Gasteiger partial charge in [0.1, 0.15) is 0 Å². The monoisotopic (exact) mass is 222 g/mol. The van der Waals surface area contributed by atoms with Crippen LogP contribution in [0.15, 0.2) is 41.6 Å². The van der Waals surface area contributed by atoms with E-state index in [4.69, 9.17) is 11.6 Å². The molecule has 0 saturated carbocycles. The predicted molar refractivity (Wildman–Crippen MR) is 59.3 cm³/mol. The van der Waals surface area contributed by atoms with Gasteiger partial charge in [-0.2, -0.15) is 0 Å². The second-order valence-corrected chi connectivity index (χ2v) is 3.87. The first-order valence-electron chi connectivity index (χ1n) is 4.69. The van der Waals surface area contributed by atoms with E-state index in [0.717, 1.165) is 5.56 Å². The Morgan fingerprint density at radius 2 is 2.07 bits per heavy atom. The molecule has 1 heterocycles. The zero-order valence-electron chi connectivity index (χ0n) is 8.11. The number of benzene rings is 1. The molecule has 0 unspecified atom stereocenters. The van der Waals surface area contributed by atoms with Gasteiger partial charge in [0.2, 0.25) is 0 Å². The van der Waals surface area contributed by atoms with E-state index in [0.29, 0.717) is 18.1 Å². The molecule has 0 bridgehead atoms. The number of hydrogen-bond donors (Lipinski definition) is 1. The van der Waals surface area contributed by atoms with Crippen LogP contribution in [0.4, 0.5) is 4.79 Å². The van der Waals surface area contributed by atoms with Crippen molar-refractivity contribution in [3.8, 4) is 0 Å². The summed E-state index contributed by atoms with van der Waals surface area (Å²) in [4.78, 5) is 13.1. The second kappa shape index (κ2) is 4.36. The van der Waals surface area contributed by atoms with Crippen LogP contribution in [0.3, 0.4) is 0 Å². The highest BCUT2D eigenvalue weighted by Gasteiger charge is 2.17. The van der Waals surface area contributed by atoms with Gasteiger partial charge in [-0.25, -0.2) is 4.79 Å². The minimum atomic E-state index is -0.108. The van der Waals surface area contributed by atoms with Gasteiger partial charge in [0.05, 0.1) is 11.6 Å². The van der Waals surface area contributed by atoms with Crippen molar-refractivity contribution in [2.24, 2.45) is 0 Å². The van der Waals surface area contributed by atoms with Crippen molar-refractivity contribution in [1.29, 1.82) is 0 Å². The van der Waals surface area contributed by atoms with Crippen LogP contribution in [0.25, 0.3) is 0 Å². The third kappa shape index (κ3) is 2.50.